The van der Waals surface area contributed by atoms with Gasteiger partial charge in [0.15, 0.2) is 5.11 Å². The number of piperazine rings is 1. The second-order valence-corrected chi connectivity index (χ2v) is 10.2. The maximum absolute atomic E-state index is 12.8. The van der Waals surface area contributed by atoms with E-state index in [1.165, 1.54) is 0 Å². The molecule has 0 bridgehead atoms. The van der Waals surface area contributed by atoms with Gasteiger partial charge in [0, 0.05) is 43.3 Å². The molecule has 0 atom stereocenters. The Morgan fingerprint density at radius 2 is 1.71 bits per heavy atom. The van der Waals surface area contributed by atoms with E-state index in [1.807, 2.05) is 67.3 Å². The van der Waals surface area contributed by atoms with E-state index in [1.54, 1.807) is 24.3 Å². The first kappa shape index (κ1) is 27.4. The van der Waals surface area contributed by atoms with Crippen LogP contribution in [-0.4, -0.2) is 48.0 Å². The van der Waals surface area contributed by atoms with Crippen molar-refractivity contribution >= 4 is 52.1 Å². The Labute approximate surface area is 233 Å². The standard InChI is InChI=1S/C29H31ClN4O3S/c1-20(2)28(36)34-15-13-33(14-16-34)26-12-11-23(18-25(26)30)31-29(38)32-27(35)22-9-6-10-24(17-22)37-19-21-7-4-3-5-8-21/h3-12,17-18,20H,13-16,19H2,1-2H3,(H2,31,32,35,38). The van der Waals surface area contributed by atoms with Gasteiger partial charge in [0.1, 0.15) is 12.4 Å². The quantitative estimate of drug-likeness (QED) is 0.386. The Bertz CT molecular complexity index is 1290. The highest BCUT2D eigenvalue weighted by Crippen LogP contribution is 2.30. The highest BCUT2D eigenvalue weighted by Gasteiger charge is 2.24. The number of carbonyl (C=O) groups excluding carboxylic acids is 2. The lowest BCUT2D eigenvalue weighted by molar-refractivity contribution is -0.134. The van der Waals surface area contributed by atoms with E-state index in [0.717, 1.165) is 11.3 Å². The molecule has 3 aromatic rings. The second-order valence-electron chi connectivity index (χ2n) is 9.34. The molecule has 0 saturated carbocycles. The number of rotatable bonds is 7. The lowest BCUT2D eigenvalue weighted by atomic mass is 10.1. The summed E-state index contributed by atoms with van der Waals surface area (Å²) in [7, 11) is 0. The first-order chi connectivity index (χ1) is 18.3. The normalized spacial score (nSPS) is 13.3. The predicted molar refractivity (Wildman–Crippen MR) is 156 cm³/mol. The molecule has 1 aliphatic heterocycles. The van der Waals surface area contributed by atoms with Crippen LogP contribution in [0.25, 0.3) is 0 Å². The Kier molecular flexibility index (Phi) is 9.20. The van der Waals surface area contributed by atoms with Crippen LogP contribution in [0.5, 0.6) is 5.75 Å². The van der Waals surface area contributed by atoms with Gasteiger partial charge in [0.2, 0.25) is 5.91 Å². The van der Waals surface area contributed by atoms with E-state index in [0.29, 0.717) is 54.8 Å². The summed E-state index contributed by atoms with van der Waals surface area (Å²) in [5, 5.41) is 6.45. The smallest absolute Gasteiger partial charge is 0.257 e. The number of carbonyl (C=O) groups is 2. The minimum atomic E-state index is -0.343. The number of thiocarbonyl (C=S) groups is 1. The summed E-state index contributed by atoms with van der Waals surface area (Å²) in [6.45, 7) is 7.02. The van der Waals surface area contributed by atoms with Gasteiger partial charge in [-0.2, -0.15) is 0 Å². The lowest BCUT2D eigenvalue weighted by Gasteiger charge is -2.37. The topological polar surface area (TPSA) is 73.9 Å². The van der Waals surface area contributed by atoms with Crippen molar-refractivity contribution in [1.82, 2.24) is 10.2 Å². The van der Waals surface area contributed by atoms with Crippen molar-refractivity contribution < 1.29 is 14.3 Å². The Morgan fingerprint density at radius 3 is 2.39 bits per heavy atom. The van der Waals surface area contributed by atoms with E-state index in [2.05, 4.69) is 15.5 Å². The monoisotopic (exact) mass is 550 g/mol. The maximum atomic E-state index is 12.8. The molecule has 0 radical (unpaired) electrons. The number of benzene rings is 3. The van der Waals surface area contributed by atoms with Crippen molar-refractivity contribution in [1.29, 1.82) is 0 Å². The van der Waals surface area contributed by atoms with Crippen molar-refractivity contribution in [2.24, 2.45) is 5.92 Å². The van der Waals surface area contributed by atoms with Crippen LogP contribution in [0.4, 0.5) is 11.4 Å². The minimum absolute atomic E-state index is 0.00302. The number of halogens is 1. The molecule has 1 fully saturated rings. The van der Waals surface area contributed by atoms with Gasteiger partial charge < -0.3 is 19.9 Å². The van der Waals surface area contributed by atoms with Gasteiger partial charge in [-0.25, -0.2) is 0 Å². The first-order valence-electron chi connectivity index (χ1n) is 12.5. The average molecular weight is 551 g/mol. The second kappa shape index (κ2) is 12.8. The number of ether oxygens (including phenoxy) is 1. The van der Waals surface area contributed by atoms with Crippen LogP contribution in [0.1, 0.15) is 29.8 Å². The van der Waals surface area contributed by atoms with E-state index in [9.17, 15) is 9.59 Å². The highest BCUT2D eigenvalue weighted by atomic mass is 35.5. The highest BCUT2D eigenvalue weighted by molar-refractivity contribution is 7.80. The molecule has 198 valence electrons. The minimum Gasteiger partial charge on any atom is -0.489 e. The summed E-state index contributed by atoms with van der Waals surface area (Å²) >= 11 is 11.9. The molecule has 2 amide bonds. The Balaban J connectivity index is 1.30. The van der Waals surface area contributed by atoms with Gasteiger partial charge >= 0.3 is 0 Å². The van der Waals surface area contributed by atoms with Crippen molar-refractivity contribution in [3.8, 4) is 5.75 Å². The van der Waals surface area contributed by atoms with Gasteiger partial charge in [-0.1, -0.05) is 61.8 Å². The number of nitrogens with one attached hydrogen (secondary N) is 2. The molecule has 2 N–H and O–H groups in total. The SMILES string of the molecule is CC(C)C(=O)N1CCN(c2ccc(NC(=S)NC(=O)c3cccc(OCc4ccccc4)c3)cc2Cl)CC1. The predicted octanol–water partition coefficient (Wildman–Crippen LogP) is 5.35. The van der Waals surface area contributed by atoms with Gasteiger partial charge in [-0.3, -0.25) is 14.9 Å². The Morgan fingerprint density at radius 1 is 0.974 bits per heavy atom. The van der Waals surface area contributed by atoms with Gasteiger partial charge in [-0.05, 0) is 54.2 Å². The van der Waals surface area contributed by atoms with Crippen LogP contribution in [0.2, 0.25) is 5.02 Å². The third-order valence-electron chi connectivity index (χ3n) is 6.20. The lowest BCUT2D eigenvalue weighted by Crippen LogP contribution is -2.50. The maximum Gasteiger partial charge on any atom is 0.257 e. The van der Waals surface area contributed by atoms with Gasteiger partial charge in [0.25, 0.3) is 5.91 Å². The number of hydrogen-bond acceptors (Lipinski definition) is 5. The van der Waals surface area contributed by atoms with Crippen molar-refractivity contribution in [3.63, 3.8) is 0 Å². The molecule has 0 unspecified atom stereocenters. The summed E-state index contributed by atoms with van der Waals surface area (Å²) in [6.07, 6.45) is 0. The molecule has 0 aliphatic carbocycles. The summed E-state index contributed by atoms with van der Waals surface area (Å²) in [4.78, 5) is 29.1. The molecular weight excluding hydrogens is 520 g/mol. The van der Waals surface area contributed by atoms with Gasteiger partial charge in [-0.15, -0.1) is 0 Å². The molecule has 1 saturated heterocycles. The fourth-order valence-electron chi connectivity index (χ4n) is 4.18. The zero-order chi connectivity index (χ0) is 27.1. The van der Waals surface area contributed by atoms with Crippen molar-refractivity contribution in [2.75, 3.05) is 36.4 Å². The molecule has 3 aromatic carbocycles. The molecule has 4 rings (SSSR count). The zero-order valence-corrected chi connectivity index (χ0v) is 23.0. The third kappa shape index (κ3) is 7.24. The first-order valence-corrected chi connectivity index (χ1v) is 13.3. The molecule has 7 nitrogen and oxygen atoms in total. The van der Waals surface area contributed by atoms with Crippen LogP contribution in [0.15, 0.2) is 72.8 Å². The molecule has 1 aliphatic rings. The molecule has 0 aromatic heterocycles. The van der Waals surface area contributed by atoms with E-state index < -0.39 is 0 Å². The zero-order valence-electron chi connectivity index (χ0n) is 21.4. The van der Waals surface area contributed by atoms with Crippen LogP contribution in [-0.2, 0) is 11.4 Å². The number of hydrogen-bond donors (Lipinski definition) is 2. The number of amides is 2. The van der Waals surface area contributed by atoms with E-state index in [4.69, 9.17) is 28.6 Å². The van der Waals surface area contributed by atoms with Crippen LogP contribution < -0.4 is 20.3 Å². The molecule has 9 heteroatoms. The molecular formula is C29H31ClN4O3S. The summed E-state index contributed by atoms with van der Waals surface area (Å²) in [6, 6.07) is 22.3. The third-order valence-corrected chi connectivity index (χ3v) is 6.71. The molecule has 38 heavy (non-hydrogen) atoms. The summed E-state index contributed by atoms with van der Waals surface area (Å²) in [5.74, 6) is 0.426. The summed E-state index contributed by atoms with van der Waals surface area (Å²) < 4.78 is 5.82. The van der Waals surface area contributed by atoms with Gasteiger partial charge in [0.05, 0.1) is 10.7 Å². The van der Waals surface area contributed by atoms with E-state index in [-0.39, 0.29) is 22.8 Å². The van der Waals surface area contributed by atoms with Crippen LogP contribution in [0, 0.1) is 5.92 Å². The average Bonchev–Trinajstić information content (AvgIpc) is 2.92. The van der Waals surface area contributed by atoms with Crippen LogP contribution >= 0.6 is 23.8 Å². The van der Waals surface area contributed by atoms with Crippen molar-refractivity contribution in [3.05, 3.63) is 88.9 Å². The number of nitrogens with zero attached hydrogens (tertiary/aromatic N) is 2. The fourth-order valence-corrected chi connectivity index (χ4v) is 4.69. The largest absolute Gasteiger partial charge is 0.489 e. The fraction of sp³-hybridized carbons (Fsp3) is 0.276. The van der Waals surface area contributed by atoms with Crippen molar-refractivity contribution in [2.45, 2.75) is 20.5 Å². The Hall–Kier alpha value is -3.62. The summed E-state index contributed by atoms with van der Waals surface area (Å²) in [5.41, 5.74) is 3.04. The van der Waals surface area contributed by atoms with Crippen LogP contribution in [0.3, 0.4) is 0 Å². The van der Waals surface area contributed by atoms with E-state index >= 15 is 0 Å². The molecule has 0 spiro atoms. The number of anilines is 2. The molecule has 1 heterocycles.